The molecule has 0 fully saturated rings. The molecule has 1 rings (SSSR count). The molecule has 0 aliphatic heterocycles. The number of amides is 1. The molecule has 1 amide bonds. The Morgan fingerprint density at radius 1 is 1.40 bits per heavy atom. The molecule has 3 nitrogen and oxygen atoms in total. The van der Waals surface area contributed by atoms with Crippen LogP contribution < -0.4 is 5.32 Å². The molecule has 0 saturated heterocycles. The van der Waals surface area contributed by atoms with Crippen LogP contribution in [0.4, 0.5) is 0 Å². The van der Waals surface area contributed by atoms with E-state index in [2.05, 4.69) is 5.32 Å². The van der Waals surface area contributed by atoms with Crippen molar-refractivity contribution in [2.24, 2.45) is 5.92 Å². The van der Waals surface area contributed by atoms with E-state index >= 15 is 0 Å². The molecule has 0 radical (unpaired) electrons. The smallest absolute Gasteiger partial charge is 0.223 e. The Kier molecular flexibility index (Phi) is 4.16. The van der Waals surface area contributed by atoms with Gasteiger partial charge in [-0.15, -0.1) is 0 Å². The predicted molar refractivity (Wildman–Crippen MR) is 59.4 cm³/mol. The van der Waals surface area contributed by atoms with Crippen LogP contribution in [0.1, 0.15) is 25.8 Å². The summed E-state index contributed by atoms with van der Waals surface area (Å²) in [6.07, 6.45) is 0.849. The zero-order valence-electron chi connectivity index (χ0n) is 9.16. The molecule has 0 bridgehead atoms. The lowest BCUT2D eigenvalue weighted by atomic mass is 10.1. The van der Waals surface area contributed by atoms with Crippen molar-refractivity contribution in [3.05, 3.63) is 29.8 Å². The lowest BCUT2D eigenvalue weighted by molar-refractivity contribution is -0.124. The number of nitrogens with one attached hydrogen (secondary N) is 1. The number of carbonyl (C=O) groups excluding carboxylic acids is 1. The first-order chi connectivity index (χ1) is 7.13. The second-order valence-corrected chi connectivity index (χ2v) is 3.69. The summed E-state index contributed by atoms with van der Waals surface area (Å²) >= 11 is 0. The average molecular weight is 207 g/mol. The normalized spacial score (nSPS) is 12.1. The van der Waals surface area contributed by atoms with Gasteiger partial charge >= 0.3 is 0 Å². The topological polar surface area (TPSA) is 49.3 Å². The average Bonchev–Trinajstić information content (AvgIpc) is 2.26. The summed E-state index contributed by atoms with van der Waals surface area (Å²) in [6, 6.07) is 6.83. The fourth-order valence-electron chi connectivity index (χ4n) is 1.16. The summed E-state index contributed by atoms with van der Waals surface area (Å²) in [5.41, 5.74) is 0.990. The van der Waals surface area contributed by atoms with Gasteiger partial charge in [0.2, 0.25) is 5.91 Å². The first kappa shape index (κ1) is 11.6. The molecule has 82 valence electrons. The van der Waals surface area contributed by atoms with E-state index in [0.717, 1.165) is 12.0 Å². The van der Waals surface area contributed by atoms with Crippen molar-refractivity contribution in [2.45, 2.75) is 26.8 Å². The van der Waals surface area contributed by atoms with Crippen LogP contribution in [0.2, 0.25) is 0 Å². The summed E-state index contributed by atoms with van der Waals surface area (Å²) in [5, 5.41) is 11.9. The summed E-state index contributed by atoms with van der Waals surface area (Å²) < 4.78 is 0. The molecule has 0 spiro atoms. The van der Waals surface area contributed by atoms with Gasteiger partial charge in [-0.2, -0.15) is 0 Å². The Morgan fingerprint density at radius 2 is 2.00 bits per heavy atom. The van der Waals surface area contributed by atoms with Crippen molar-refractivity contribution in [3.8, 4) is 5.75 Å². The molecule has 1 aromatic carbocycles. The second kappa shape index (κ2) is 5.39. The fourth-order valence-corrected chi connectivity index (χ4v) is 1.16. The Balaban J connectivity index is 2.43. The first-order valence-corrected chi connectivity index (χ1v) is 5.19. The molecule has 0 unspecified atom stereocenters. The van der Waals surface area contributed by atoms with Crippen molar-refractivity contribution in [2.75, 3.05) is 0 Å². The quantitative estimate of drug-likeness (QED) is 0.794. The van der Waals surface area contributed by atoms with E-state index in [0.29, 0.717) is 6.54 Å². The standard InChI is InChI=1S/C12H17NO2/c1-3-9(2)12(15)13-8-10-4-6-11(14)7-5-10/h4-7,9,14H,3,8H2,1-2H3,(H,13,15)/t9-/m1/s1. The number of aromatic hydroxyl groups is 1. The molecule has 0 aliphatic rings. The zero-order valence-corrected chi connectivity index (χ0v) is 9.16. The summed E-state index contributed by atoms with van der Waals surface area (Å²) in [4.78, 5) is 11.5. The molecule has 1 aromatic rings. The van der Waals surface area contributed by atoms with E-state index < -0.39 is 0 Å². The van der Waals surface area contributed by atoms with E-state index in [4.69, 9.17) is 5.11 Å². The Hall–Kier alpha value is -1.51. The number of hydrogen-bond acceptors (Lipinski definition) is 2. The van der Waals surface area contributed by atoms with Crippen molar-refractivity contribution in [1.29, 1.82) is 0 Å². The minimum atomic E-state index is 0.0575. The number of rotatable bonds is 4. The number of hydrogen-bond donors (Lipinski definition) is 2. The Morgan fingerprint density at radius 3 is 2.53 bits per heavy atom. The minimum absolute atomic E-state index is 0.0575. The summed E-state index contributed by atoms with van der Waals surface area (Å²) in [7, 11) is 0. The number of phenols is 1. The molecule has 3 heteroatoms. The number of benzene rings is 1. The van der Waals surface area contributed by atoms with Crippen LogP contribution in [0.15, 0.2) is 24.3 Å². The van der Waals surface area contributed by atoms with Gasteiger partial charge in [-0.3, -0.25) is 4.79 Å². The molecule has 0 aliphatic carbocycles. The maximum absolute atomic E-state index is 11.5. The molecule has 0 aromatic heterocycles. The van der Waals surface area contributed by atoms with Gasteiger partial charge in [0.1, 0.15) is 5.75 Å². The van der Waals surface area contributed by atoms with Crippen molar-refractivity contribution in [1.82, 2.24) is 5.32 Å². The third-order valence-electron chi connectivity index (χ3n) is 2.46. The first-order valence-electron chi connectivity index (χ1n) is 5.19. The predicted octanol–water partition coefficient (Wildman–Crippen LogP) is 2.05. The van der Waals surface area contributed by atoms with Crippen LogP contribution in [-0.2, 0) is 11.3 Å². The van der Waals surface area contributed by atoms with E-state index in [1.807, 2.05) is 13.8 Å². The van der Waals surface area contributed by atoms with Gasteiger partial charge in [-0.1, -0.05) is 26.0 Å². The van der Waals surface area contributed by atoms with Crippen molar-refractivity contribution in [3.63, 3.8) is 0 Å². The van der Waals surface area contributed by atoms with E-state index in [-0.39, 0.29) is 17.6 Å². The highest BCUT2D eigenvalue weighted by atomic mass is 16.3. The molecular weight excluding hydrogens is 190 g/mol. The van der Waals surface area contributed by atoms with Gasteiger partial charge in [-0.05, 0) is 24.1 Å². The Labute approximate surface area is 90.1 Å². The zero-order chi connectivity index (χ0) is 11.3. The van der Waals surface area contributed by atoms with Gasteiger partial charge in [0, 0.05) is 12.5 Å². The van der Waals surface area contributed by atoms with E-state index in [1.54, 1.807) is 24.3 Å². The van der Waals surface area contributed by atoms with E-state index in [9.17, 15) is 4.79 Å². The monoisotopic (exact) mass is 207 g/mol. The van der Waals surface area contributed by atoms with Gasteiger partial charge < -0.3 is 10.4 Å². The Bertz CT molecular complexity index is 319. The van der Waals surface area contributed by atoms with Gasteiger partial charge in [0.25, 0.3) is 0 Å². The van der Waals surface area contributed by atoms with Crippen LogP contribution in [0.3, 0.4) is 0 Å². The molecular formula is C12H17NO2. The van der Waals surface area contributed by atoms with Crippen LogP contribution in [0, 0.1) is 5.92 Å². The highest BCUT2D eigenvalue weighted by Gasteiger charge is 2.09. The minimum Gasteiger partial charge on any atom is -0.508 e. The van der Waals surface area contributed by atoms with E-state index in [1.165, 1.54) is 0 Å². The SMILES string of the molecule is CC[C@@H](C)C(=O)NCc1ccc(O)cc1. The van der Waals surface area contributed by atoms with Crippen LogP contribution >= 0.6 is 0 Å². The molecule has 1 atom stereocenters. The highest BCUT2D eigenvalue weighted by molar-refractivity contribution is 5.78. The second-order valence-electron chi connectivity index (χ2n) is 3.69. The maximum atomic E-state index is 11.5. The number of carbonyl (C=O) groups is 1. The van der Waals surface area contributed by atoms with Crippen LogP contribution in [0.5, 0.6) is 5.75 Å². The molecule has 15 heavy (non-hydrogen) atoms. The highest BCUT2D eigenvalue weighted by Crippen LogP contribution is 2.09. The summed E-state index contributed by atoms with van der Waals surface area (Å²) in [6.45, 7) is 4.42. The van der Waals surface area contributed by atoms with Gasteiger partial charge in [0.15, 0.2) is 0 Å². The lowest BCUT2D eigenvalue weighted by Crippen LogP contribution is -2.28. The maximum Gasteiger partial charge on any atom is 0.223 e. The third kappa shape index (κ3) is 3.62. The summed E-state index contributed by atoms with van der Waals surface area (Å²) in [5.74, 6) is 0.375. The van der Waals surface area contributed by atoms with Crippen molar-refractivity contribution < 1.29 is 9.90 Å². The fraction of sp³-hybridized carbons (Fsp3) is 0.417. The molecule has 0 heterocycles. The number of phenolic OH excluding ortho intramolecular Hbond substituents is 1. The largest absolute Gasteiger partial charge is 0.508 e. The lowest BCUT2D eigenvalue weighted by Gasteiger charge is -2.09. The van der Waals surface area contributed by atoms with Crippen LogP contribution in [-0.4, -0.2) is 11.0 Å². The van der Waals surface area contributed by atoms with Crippen molar-refractivity contribution >= 4 is 5.91 Å². The molecule has 0 saturated carbocycles. The van der Waals surface area contributed by atoms with Gasteiger partial charge in [-0.25, -0.2) is 0 Å². The third-order valence-corrected chi connectivity index (χ3v) is 2.46. The van der Waals surface area contributed by atoms with Crippen LogP contribution in [0.25, 0.3) is 0 Å². The molecule has 2 N–H and O–H groups in total. The van der Waals surface area contributed by atoms with Gasteiger partial charge in [0.05, 0.1) is 0 Å².